The van der Waals surface area contributed by atoms with Crippen molar-refractivity contribution in [2.24, 2.45) is 7.05 Å². The van der Waals surface area contributed by atoms with E-state index in [9.17, 15) is 9.59 Å². The standard InChI is InChI=1S/C23H26N4O3/c1-15(28)17-6-7-20(30-3)18(13-17)14-21(29)27-11-8-16(9-12-27)22-19-5-4-10-24-23(19)26(2)25-22/h4-7,10,13,16H,8-9,11-12,14H2,1-3H3. The summed E-state index contributed by atoms with van der Waals surface area (Å²) in [6, 6.07) is 9.25. The number of hydrogen-bond donors (Lipinski definition) is 0. The Morgan fingerprint density at radius 1 is 1.20 bits per heavy atom. The Morgan fingerprint density at radius 3 is 2.67 bits per heavy atom. The molecule has 4 rings (SSSR count). The molecule has 30 heavy (non-hydrogen) atoms. The molecule has 0 atom stereocenters. The number of fused-ring (bicyclic) bond motifs is 1. The number of ketones is 1. The van der Waals surface area contributed by atoms with E-state index in [1.165, 1.54) is 6.92 Å². The van der Waals surface area contributed by atoms with Gasteiger partial charge in [-0.1, -0.05) is 0 Å². The van der Waals surface area contributed by atoms with Crippen molar-refractivity contribution in [3.05, 3.63) is 53.3 Å². The van der Waals surface area contributed by atoms with E-state index in [0.717, 1.165) is 35.1 Å². The van der Waals surface area contributed by atoms with Crippen LogP contribution in [0.25, 0.3) is 11.0 Å². The third kappa shape index (κ3) is 3.79. The van der Waals surface area contributed by atoms with E-state index in [-0.39, 0.29) is 18.1 Å². The predicted molar refractivity (Wildman–Crippen MR) is 114 cm³/mol. The van der Waals surface area contributed by atoms with Gasteiger partial charge >= 0.3 is 0 Å². The number of aromatic nitrogens is 3. The first-order valence-electron chi connectivity index (χ1n) is 10.2. The third-order valence-electron chi connectivity index (χ3n) is 5.89. The van der Waals surface area contributed by atoms with E-state index in [2.05, 4.69) is 11.1 Å². The zero-order valence-electron chi connectivity index (χ0n) is 17.6. The number of methoxy groups -OCH3 is 1. The Morgan fingerprint density at radius 2 is 1.97 bits per heavy atom. The maximum absolute atomic E-state index is 12.9. The zero-order valence-corrected chi connectivity index (χ0v) is 17.6. The average Bonchev–Trinajstić information content (AvgIpc) is 3.10. The summed E-state index contributed by atoms with van der Waals surface area (Å²) in [5.74, 6) is 0.984. The molecule has 3 heterocycles. The van der Waals surface area contributed by atoms with Crippen molar-refractivity contribution in [2.75, 3.05) is 20.2 Å². The van der Waals surface area contributed by atoms with E-state index < -0.39 is 0 Å². The number of hydrogen-bond acceptors (Lipinski definition) is 5. The van der Waals surface area contributed by atoms with Crippen LogP contribution in [-0.2, 0) is 18.3 Å². The van der Waals surface area contributed by atoms with Crippen molar-refractivity contribution in [3.63, 3.8) is 0 Å². The van der Waals surface area contributed by atoms with Gasteiger partial charge in [-0.15, -0.1) is 0 Å². The molecule has 0 spiro atoms. The molecule has 0 bridgehead atoms. The number of carbonyl (C=O) groups excluding carboxylic acids is 2. The number of piperidine rings is 1. The first kappa shape index (κ1) is 20.1. The zero-order chi connectivity index (χ0) is 21.3. The van der Waals surface area contributed by atoms with Gasteiger partial charge in [0.05, 0.1) is 19.2 Å². The molecule has 3 aromatic rings. The fourth-order valence-electron chi connectivity index (χ4n) is 4.23. The SMILES string of the molecule is COc1ccc(C(C)=O)cc1CC(=O)N1CCC(c2nn(C)c3ncccc23)CC1. The van der Waals surface area contributed by atoms with Crippen molar-refractivity contribution in [1.82, 2.24) is 19.7 Å². The molecule has 1 aliphatic rings. The lowest BCUT2D eigenvalue weighted by molar-refractivity contribution is -0.131. The third-order valence-corrected chi connectivity index (χ3v) is 5.89. The second kappa shape index (κ2) is 8.26. The second-order valence-electron chi connectivity index (χ2n) is 7.80. The minimum Gasteiger partial charge on any atom is -0.496 e. The van der Waals surface area contributed by atoms with Crippen molar-refractivity contribution in [1.29, 1.82) is 0 Å². The highest BCUT2D eigenvalue weighted by atomic mass is 16.5. The molecule has 156 valence electrons. The van der Waals surface area contributed by atoms with Crippen LogP contribution in [-0.4, -0.2) is 51.6 Å². The van der Waals surface area contributed by atoms with Crippen LogP contribution < -0.4 is 4.74 Å². The van der Waals surface area contributed by atoms with Gasteiger partial charge in [-0.2, -0.15) is 5.10 Å². The van der Waals surface area contributed by atoms with Gasteiger partial charge in [-0.25, -0.2) is 4.98 Å². The minimum absolute atomic E-state index is 0.0238. The van der Waals surface area contributed by atoms with Crippen molar-refractivity contribution < 1.29 is 14.3 Å². The molecular formula is C23H26N4O3. The molecule has 0 unspecified atom stereocenters. The molecule has 0 N–H and O–H groups in total. The van der Waals surface area contributed by atoms with Crippen molar-refractivity contribution in [3.8, 4) is 5.75 Å². The summed E-state index contributed by atoms with van der Waals surface area (Å²) in [4.78, 5) is 31.0. The lowest BCUT2D eigenvalue weighted by Crippen LogP contribution is -2.39. The number of pyridine rings is 1. The number of ether oxygens (including phenoxy) is 1. The van der Waals surface area contributed by atoms with Gasteiger partial charge in [0.1, 0.15) is 5.75 Å². The molecule has 2 aromatic heterocycles. The van der Waals surface area contributed by atoms with E-state index in [1.54, 1.807) is 31.5 Å². The maximum Gasteiger partial charge on any atom is 0.227 e. The van der Waals surface area contributed by atoms with Gasteiger partial charge in [-0.3, -0.25) is 14.3 Å². The topological polar surface area (TPSA) is 77.3 Å². The monoisotopic (exact) mass is 406 g/mol. The summed E-state index contributed by atoms with van der Waals surface area (Å²) in [6.45, 7) is 2.90. The Kier molecular flexibility index (Phi) is 5.53. The molecule has 1 aliphatic heterocycles. The van der Waals surface area contributed by atoms with Gasteiger partial charge in [0.15, 0.2) is 11.4 Å². The lowest BCUT2D eigenvalue weighted by atomic mass is 9.91. The van der Waals surface area contributed by atoms with Gasteiger partial charge < -0.3 is 9.64 Å². The second-order valence-corrected chi connectivity index (χ2v) is 7.80. The Balaban J connectivity index is 1.45. The van der Waals surface area contributed by atoms with Crippen LogP contribution in [0.4, 0.5) is 0 Å². The molecule has 0 aliphatic carbocycles. The summed E-state index contributed by atoms with van der Waals surface area (Å²) in [7, 11) is 3.49. The van der Waals surface area contributed by atoms with Gasteiger partial charge in [-0.05, 0) is 50.1 Å². The van der Waals surface area contributed by atoms with Crippen molar-refractivity contribution >= 4 is 22.7 Å². The molecule has 7 nitrogen and oxygen atoms in total. The summed E-state index contributed by atoms with van der Waals surface area (Å²) in [5, 5.41) is 5.80. The number of rotatable bonds is 5. The van der Waals surface area contributed by atoms with E-state index in [4.69, 9.17) is 9.84 Å². The smallest absolute Gasteiger partial charge is 0.227 e. The number of carbonyl (C=O) groups is 2. The number of amides is 1. The number of aryl methyl sites for hydroxylation is 1. The lowest BCUT2D eigenvalue weighted by Gasteiger charge is -2.31. The number of likely N-dealkylation sites (tertiary alicyclic amines) is 1. The number of benzene rings is 1. The molecule has 1 saturated heterocycles. The number of nitrogens with zero attached hydrogens (tertiary/aromatic N) is 4. The molecular weight excluding hydrogens is 380 g/mol. The van der Waals surface area contributed by atoms with Crippen LogP contribution in [0.15, 0.2) is 36.5 Å². The number of Topliss-reactive ketones (excluding diaryl/α,β-unsaturated/α-hetero) is 1. The van der Waals surface area contributed by atoms with Crippen LogP contribution >= 0.6 is 0 Å². The Bertz CT molecular complexity index is 1100. The van der Waals surface area contributed by atoms with Crippen LogP contribution in [0.1, 0.15) is 47.3 Å². The summed E-state index contributed by atoms with van der Waals surface area (Å²) in [5.41, 5.74) is 3.30. The van der Waals surface area contributed by atoms with E-state index >= 15 is 0 Å². The van der Waals surface area contributed by atoms with Crippen LogP contribution in [0, 0.1) is 0 Å². The average molecular weight is 406 g/mol. The highest BCUT2D eigenvalue weighted by Gasteiger charge is 2.27. The molecule has 1 fully saturated rings. The Labute approximate surface area is 175 Å². The van der Waals surface area contributed by atoms with Crippen LogP contribution in [0.3, 0.4) is 0 Å². The van der Waals surface area contributed by atoms with Crippen molar-refractivity contribution in [2.45, 2.75) is 32.1 Å². The van der Waals surface area contributed by atoms with Gasteiger partial charge in [0.2, 0.25) is 5.91 Å². The minimum atomic E-state index is -0.0238. The fraction of sp³-hybridized carbons (Fsp3) is 0.391. The predicted octanol–water partition coefficient (Wildman–Crippen LogP) is 3.13. The van der Waals surface area contributed by atoms with E-state index in [0.29, 0.717) is 30.3 Å². The molecule has 7 heteroatoms. The molecule has 1 aromatic carbocycles. The quantitative estimate of drug-likeness (QED) is 0.609. The summed E-state index contributed by atoms with van der Waals surface area (Å²) in [6.07, 6.45) is 3.75. The molecule has 0 saturated carbocycles. The highest BCUT2D eigenvalue weighted by Crippen LogP contribution is 2.32. The van der Waals surface area contributed by atoms with Gasteiger partial charge in [0.25, 0.3) is 0 Å². The highest BCUT2D eigenvalue weighted by molar-refractivity contribution is 5.94. The largest absolute Gasteiger partial charge is 0.496 e. The van der Waals surface area contributed by atoms with E-state index in [1.807, 2.05) is 22.7 Å². The molecule has 0 radical (unpaired) electrons. The fourth-order valence-corrected chi connectivity index (χ4v) is 4.23. The first-order valence-corrected chi connectivity index (χ1v) is 10.2. The summed E-state index contributed by atoms with van der Waals surface area (Å²) >= 11 is 0. The normalized spacial score (nSPS) is 14.8. The van der Waals surface area contributed by atoms with Crippen LogP contribution in [0.5, 0.6) is 5.75 Å². The maximum atomic E-state index is 12.9. The van der Waals surface area contributed by atoms with Crippen LogP contribution in [0.2, 0.25) is 0 Å². The Hall–Kier alpha value is -3.22. The van der Waals surface area contributed by atoms with Gasteiger partial charge in [0, 0.05) is 48.8 Å². The molecule has 1 amide bonds. The first-order chi connectivity index (χ1) is 14.5. The summed E-state index contributed by atoms with van der Waals surface area (Å²) < 4.78 is 7.22.